The quantitative estimate of drug-likeness (QED) is 0.898. The van der Waals surface area contributed by atoms with Crippen LogP contribution in [0.1, 0.15) is 17.9 Å². The maximum atomic E-state index is 12.6. The highest BCUT2D eigenvalue weighted by Gasteiger charge is 2.31. The lowest BCUT2D eigenvalue weighted by Crippen LogP contribution is -2.43. The Kier molecular flexibility index (Phi) is 4.01. The van der Waals surface area contributed by atoms with Gasteiger partial charge in [-0.25, -0.2) is 0 Å². The van der Waals surface area contributed by atoms with Crippen LogP contribution in [-0.4, -0.2) is 31.1 Å². The summed E-state index contributed by atoms with van der Waals surface area (Å²) in [6, 6.07) is 14.8. The summed E-state index contributed by atoms with van der Waals surface area (Å²) in [6.07, 6.45) is -0.111. The number of anilines is 1. The summed E-state index contributed by atoms with van der Waals surface area (Å²) in [5.41, 5.74) is 1.54. The zero-order valence-electron chi connectivity index (χ0n) is 13.5. The number of para-hydroxylation sites is 3. The minimum atomic E-state index is -0.484. The number of benzene rings is 2. The van der Waals surface area contributed by atoms with Crippen molar-refractivity contribution in [2.75, 3.05) is 18.5 Å². The number of rotatable bonds is 3. The van der Waals surface area contributed by atoms with Crippen molar-refractivity contribution in [2.45, 2.75) is 18.4 Å². The van der Waals surface area contributed by atoms with E-state index in [-0.39, 0.29) is 24.3 Å². The first kappa shape index (κ1) is 15.5. The van der Waals surface area contributed by atoms with Gasteiger partial charge in [0.25, 0.3) is 0 Å². The average Bonchev–Trinajstić information content (AvgIpc) is 2.65. The summed E-state index contributed by atoms with van der Waals surface area (Å²) in [5.74, 6) is 0.579. The first-order chi connectivity index (χ1) is 12.2. The van der Waals surface area contributed by atoms with Gasteiger partial charge in [0.15, 0.2) is 11.5 Å². The highest BCUT2D eigenvalue weighted by molar-refractivity contribution is 6.01. The van der Waals surface area contributed by atoms with Crippen LogP contribution in [0.3, 0.4) is 0 Å². The molecule has 0 radical (unpaired) electrons. The lowest BCUT2D eigenvalue weighted by molar-refractivity contribution is -0.126. The van der Waals surface area contributed by atoms with E-state index in [4.69, 9.17) is 9.47 Å². The van der Waals surface area contributed by atoms with Gasteiger partial charge in [0.1, 0.15) is 12.7 Å². The molecule has 25 heavy (non-hydrogen) atoms. The largest absolute Gasteiger partial charge is 0.486 e. The number of hydrogen-bond donors (Lipinski definition) is 2. The van der Waals surface area contributed by atoms with Crippen LogP contribution < -0.4 is 20.1 Å². The Morgan fingerprint density at radius 1 is 1.12 bits per heavy atom. The van der Waals surface area contributed by atoms with Crippen LogP contribution >= 0.6 is 0 Å². The molecule has 2 heterocycles. The fourth-order valence-corrected chi connectivity index (χ4v) is 3.15. The van der Waals surface area contributed by atoms with E-state index in [1.165, 1.54) is 0 Å². The zero-order chi connectivity index (χ0) is 17.2. The maximum Gasteiger partial charge on any atom is 0.228 e. The molecule has 2 aromatic rings. The molecule has 0 bridgehead atoms. The van der Waals surface area contributed by atoms with E-state index in [2.05, 4.69) is 10.6 Å². The molecule has 2 atom stereocenters. The molecule has 2 aliphatic heterocycles. The van der Waals surface area contributed by atoms with Crippen molar-refractivity contribution >= 4 is 17.5 Å². The second-order valence-electron chi connectivity index (χ2n) is 6.13. The monoisotopic (exact) mass is 338 g/mol. The summed E-state index contributed by atoms with van der Waals surface area (Å²) in [5, 5.41) is 5.69. The number of carbonyl (C=O) groups is 2. The highest BCUT2D eigenvalue weighted by Crippen LogP contribution is 2.33. The van der Waals surface area contributed by atoms with Crippen LogP contribution in [0.15, 0.2) is 48.5 Å². The van der Waals surface area contributed by atoms with Crippen molar-refractivity contribution in [1.82, 2.24) is 5.32 Å². The highest BCUT2D eigenvalue weighted by atomic mass is 16.6. The Morgan fingerprint density at radius 2 is 1.88 bits per heavy atom. The molecular formula is C19H18N2O4. The Hall–Kier alpha value is -3.02. The number of fused-ring (bicyclic) bond motifs is 2. The third-order valence-corrected chi connectivity index (χ3v) is 4.39. The minimum Gasteiger partial charge on any atom is -0.486 e. The van der Waals surface area contributed by atoms with E-state index in [1.807, 2.05) is 48.5 Å². The number of amides is 2. The number of nitrogens with one attached hydrogen (secondary N) is 2. The van der Waals surface area contributed by atoms with Crippen LogP contribution in [0, 0.1) is 0 Å². The van der Waals surface area contributed by atoms with Crippen LogP contribution in [-0.2, 0) is 9.59 Å². The Morgan fingerprint density at radius 3 is 2.76 bits per heavy atom. The van der Waals surface area contributed by atoms with Crippen molar-refractivity contribution < 1.29 is 19.1 Å². The molecule has 0 saturated heterocycles. The van der Waals surface area contributed by atoms with Crippen molar-refractivity contribution in [3.8, 4) is 11.5 Å². The SMILES string of the molecule is O=C1CC(C(=O)NCC2COc3ccccc3O2)c2ccccc2N1. The third-order valence-electron chi connectivity index (χ3n) is 4.39. The van der Waals surface area contributed by atoms with Gasteiger partial charge < -0.3 is 20.1 Å². The summed E-state index contributed by atoms with van der Waals surface area (Å²) >= 11 is 0. The first-order valence-corrected chi connectivity index (χ1v) is 8.25. The van der Waals surface area contributed by atoms with Gasteiger partial charge >= 0.3 is 0 Å². The molecule has 6 heteroatoms. The Balaban J connectivity index is 1.41. The molecule has 0 fully saturated rings. The number of hydrogen-bond acceptors (Lipinski definition) is 4. The van der Waals surface area contributed by atoms with Crippen LogP contribution in [0.4, 0.5) is 5.69 Å². The van der Waals surface area contributed by atoms with E-state index in [0.717, 1.165) is 5.56 Å². The molecule has 6 nitrogen and oxygen atoms in total. The molecule has 128 valence electrons. The van der Waals surface area contributed by atoms with Gasteiger partial charge in [-0.15, -0.1) is 0 Å². The Bertz CT molecular complexity index is 821. The smallest absolute Gasteiger partial charge is 0.228 e. The van der Waals surface area contributed by atoms with Gasteiger partial charge in [-0.3, -0.25) is 9.59 Å². The van der Waals surface area contributed by atoms with Crippen molar-refractivity contribution in [1.29, 1.82) is 0 Å². The van der Waals surface area contributed by atoms with Gasteiger partial charge in [0.05, 0.1) is 12.5 Å². The van der Waals surface area contributed by atoms with Crippen LogP contribution in [0.2, 0.25) is 0 Å². The fourth-order valence-electron chi connectivity index (χ4n) is 3.15. The molecule has 0 aromatic heterocycles. The molecule has 2 aliphatic rings. The zero-order valence-corrected chi connectivity index (χ0v) is 13.5. The van der Waals surface area contributed by atoms with Crippen LogP contribution in [0.25, 0.3) is 0 Å². The Labute approximate surface area is 145 Å². The van der Waals surface area contributed by atoms with E-state index in [0.29, 0.717) is 30.3 Å². The first-order valence-electron chi connectivity index (χ1n) is 8.25. The van der Waals surface area contributed by atoms with Gasteiger partial charge in [-0.2, -0.15) is 0 Å². The van der Waals surface area contributed by atoms with Crippen molar-refractivity contribution in [3.05, 3.63) is 54.1 Å². The van der Waals surface area contributed by atoms with Crippen LogP contribution in [0.5, 0.6) is 11.5 Å². The number of ether oxygens (including phenoxy) is 2. The van der Waals surface area contributed by atoms with Crippen molar-refractivity contribution in [2.24, 2.45) is 0 Å². The summed E-state index contributed by atoms with van der Waals surface area (Å²) in [6.45, 7) is 0.701. The third kappa shape index (κ3) is 3.15. The van der Waals surface area contributed by atoms with Gasteiger partial charge in [0, 0.05) is 12.1 Å². The molecule has 0 spiro atoms. The molecule has 2 N–H and O–H groups in total. The van der Waals surface area contributed by atoms with E-state index in [1.54, 1.807) is 0 Å². The second kappa shape index (κ2) is 6.47. The summed E-state index contributed by atoms with van der Waals surface area (Å²) < 4.78 is 11.5. The van der Waals surface area contributed by atoms with E-state index in [9.17, 15) is 9.59 Å². The molecule has 2 aromatic carbocycles. The number of carbonyl (C=O) groups excluding carboxylic acids is 2. The molecule has 4 rings (SSSR count). The molecule has 0 aliphatic carbocycles. The maximum absolute atomic E-state index is 12.6. The summed E-state index contributed by atoms with van der Waals surface area (Å²) in [4.78, 5) is 24.5. The molecule has 2 amide bonds. The summed E-state index contributed by atoms with van der Waals surface area (Å²) in [7, 11) is 0. The fraction of sp³-hybridized carbons (Fsp3) is 0.263. The van der Waals surface area contributed by atoms with E-state index >= 15 is 0 Å². The molecule has 0 saturated carbocycles. The van der Waals surface area contributed by atoms with Gasteiger partial charge in [-0.05, 0) is 23.8 Å². The second-order valence-corrected chi connectivity index (χ2v) is 6.13. The van der Waals surface area contributed by atoms with Gasteiger partial charge in [0.2, 0.25) is 11.8 Å². The van der Waals surface area contributed by atoms with Crippen molar-refractivity contribution in [3.63, 3.8) is 0 Å². The predicted octanol–water partition coefficient (Wildman–Crippen LogP) is 2.07. The lowest BCUT2D eigenvalue weighted by atomic mass is 9.90. The lowest BCUT2D eigenvalue weighted by Gasteiger charge is -2.28. The topological polar surface area (TPSA) is 76.7 Å². The minimum absolute atomic E-state index is 0.147. The molecular weight excluding hydrogens is 320 g/mol. The van der Waals surface area contributed by atoms with E-state index < -0.39 is 5.92 Å². The average molecular weight is 338 g/mol. The predicted molar refractivity (Wildman–Crippen MR) is 91.8 cm³/mol. The molecule has 2 unspecified atom stereocenters. The van der Waals surface area contributed by atoms with Gasteiger partial charge in [-0.1, -0.05) is 30.3 Å². The standard InChI is InChI=1S/C19H18N2O4/c22-18-9-14(13-5-1-2-6-15(13)21-18)19(23)20-10-12-11-24-16-7-3-4-8-17(16)25-12/h1-8,12,14H,9-11H2,(H,20,23)(H,21,22). The normalized spacial score (nSPS) is 21.0.